The summed E-state index contributed by atoms with van der Waals surface area (Å²) in [6, 6.07) is 94.8. The molecule has 0 N–H and O–H groups in total. The smallest absolute Gasteiger partial charge is 0.164 e. The first kappa shape index (κ1) is 43.6. The Morgan fingerprint density at radius 1 is 0.139 bits per heavy atom. The van der Waals surface area contributed by atoms with Gasteiger partial charge in [0.2, 0.25) is 0 Å². The number of aromatic nitrogens is 5. The van der Waals surface area contributed by atoms with Crippen LogP contribution < -0.4 is 0 Å². The van der Waals surface area contributed by atoms with E-state index in [4.69, 9.17) is 24.9 Å². The molecule has 0 radical (unpaired) electrons. The Morgan fingerprint density at radius 3 is 0.833 bits per heavy atom. The molecule has 0 saturated carbocycles. The van der Waals surface area contributed by atoms with E-state index in [1.165, 1.54) is 0 Å². The largest absolute Gasteiger partial charge is 0.228 e. The van der Waals surface area contributed by atoms with E-state index in [0.717, 1.165) is 100 Å². The van der Waals surface area contributed by atoms with Crippen LogP contribution in [-0.2, 0) is 0 Å². The highest BCUT2D eigenvalue weighted by Crippen LogP contribution is 2.37. The van der Waals surface area contributed by atoms with Gasteiger partial charge in [0.25, 0.3) is 0 Å². The van der Waals surface area contributed by atoms with E-state index in [1.807, 2.05) is 30.3 Å². The number of hydrogen-bond donors (Lipinski definition) is 0. The van der Waals surface area contributed by atoms with Crippen molar-refractivity contribution in [2.24, 2.45) is 0 Å². The Bertz CT molecular complexity index is 3650. The Hall–Kier alpha value is -9.71. The SMILES string of the molecule is c1ccc(-c2ccc(-c3nc(-c4ccc(-c5ccccc5)cc4)nc(-c4cccc(-c5cccc(-c6cc(-c7cc(-c8ccccc8)cc(-c8ccccc8)c7)nc(-c7ccccc7)n6)c5)c4)n3)cc2)cc1. The Kier molecular flexibility index (Phi) is 11.9. The lowest BCUT2D eigenvalue weighted by molar-refractivity contribution is 1.07. The van der Waals surface area contributed by atoms with Gasteiger partial charge in [0.05, 0.1) is 11.4 Å². The molecule has 338 valence electrons. The maximum Gasteiger partial charge on any atom is 0.164 e. The molecule has 0 unspecified atom stereocenters. The molecule has 5 heteroatoms. The van der Waals surface area contributed by atoms with Crippen molar-refractivity contribution >= 4 is 0 Å². The van der Waals surface area contributed by atoms with Crippen molar-refractivity contribution in [3.63, 3.8) is 0 Å². The van der Waals surface area contributed by atoms with Crippen molar-refractivity contribution < 1.29 is 0 Å². The number of nitrogens with zero attached hydrogens (tertiary/aromatic N) is 5. The van der Waals surface area contributed by atoms with E-state index < -0.39 is 0 Å². The van der Waals surface area contributed by atoms with Gasteiger partial charge in [0.1, 0.15) is 0 Å². The molecule has 2 heterocycles. The minimum atomic E-state index is 0.591. The zero-order valence-corrected chi connectivity index (χ0v) is 39.2. The maximum absolute atomic E-state index is 5.26. The highest BCUT2D eigenvalue weighted by atomic mass is 15.0. The van der Waals surface area contributed by atoms with Gasteiger partial charge < -0.3 is 0 Å². The van der Waals surface area contributed by atoms with Crippen molar-refractivity contribution in [3.8, 4) is 124 Å². The molecule has 0 amide bonds. The van der Waals surface area contributed by atoms with E-state index >= 15 is 0 Å². The third kappa shape index (κ3) is 9.38. The first-order chi connectivity index (χ1) is 35.6. The summed E-state index contributed by atoms with van der Waals surface area (Å²) in [5.74, 6) is 2.46. The van der Waals surface area contributed by atoms with Crippen molar-refractivity contribution in [2.45, 2.75) is 0 Å². The molecule has 72 heavy (non-hydrogen) atoms. The first-order valence-electron chi connectivity index (χ1n) is 24.1. The summed E-state index contributed by atoms with van der Waals surface area (Å²) in [6.45, 7) is 0. The minimum Gasteiger partial charge on any atom is -0.228 e. The van der Waals surface area contributed by atoms with Crippen LogP contribution in [0.3, 0.4) is 0 Å². The molecule has 0 aliphatic rings. The summed E-state index contributed by atoms with van der Waals surface area (Å²) in [4.78, 5) is 25.9. The lowest BCUT2D eigenvalue weighted by Gasteiger charge is -2.14. The van der Waals surface area contributed by atoms with Gasteiger partial charge >= 0.3 is 0 Å². The fraction of sp³-hybridized carbons (Fsp3) is 0. The zero-order valence-electron chi connectivity index (χ0n) is 39.2. The second-order valence-corrected chi connectivity index (χ2v) is 17.7. The third-order valence-electron chi connectivity index (χ3n) is 12.9. The van der Waals surface area contributed by atoms with Crippen LogP contribution in [0.15, 0.2) is 273 Å². The van der Waals surface area contributed by atoms with Gasteiger partial charge in [-0.3, -0.25) is 0 Å². The average Bonchev–Trinajstić information content (AvgIpc) is 3.48. The summed E-state index contributed by atoms with van der Waals surface area (Å²) >= 11 is 0. The van der Waals surface area contributed by atoms with Gasteiger partial charge in [0, 0.05) is 33.4 Å². The molecule has 0 atom stereocenters. The molecule has 0 bridgehead atoms. The van der Waals surface area contributed by atoms with Crippen LogP contribution in [0.1, 0.15) is 0 Å². The lowest BCUT2D eigenvalue weighted by atomic mass is 9.94. The molecule has 0 saturated heterocycles. The fourth-order valence-electron chi connectivity index (χ4n) is 9.17. The average molecular weight is 920 g/mol. The number of rotatable bonds is 11. The molecular formula is C67H45N5. The summed E-state index contributed by atoms with van der Waals surface area (Å²) < 4.78 is 0. The lowest BCUT2D eigenvalue weighted by Crippen LogP contribution is -2.00. The van der Waals surface area contributed by atoms with Crippen molar-refractivity contribution in [1.29, 1.82) is 0 Å². The topological polar surface area (TPSA) is 64.5 Å². The number of benzene rings is 10. The first-order valence-corrected chi connectivity index (χ1v) is 24.1. The van der Waals surface area contributed by atoms with Gasteiger partial charge in [-0.05, 0) is 92.0 Å². The van der Waals surface area contributed by atoms with Gasteiger partial charge in [-0.25, -0.2) is 24.9 Å². The maximum atomic E-state index is 5.26. The standard InChI is InChI=1S/C67H45N5/c1-6-18-46(19-7-1)50-32-36-53(37-33-50)65-70-66(54-38-34-51(35-39-54)47-20-8-2-9-21-47)72-67(71-65)58-31-17-29-56(41-58)55-28-16-30-57(40-55)62-45-63(69-64(68-62)52-26-14-5-15-27-52)61-43-59(48-22-10-3-11-23-48)42-60(44-61)49-24-12-4-13-25-49/h1-45H. The van der Waals surface area contributed by atoms with Gasteiger partial charge in [-0.15, -0.1) is 0 Å². The van der Waals surface area contributed by atoms with E-state index in [9.17, 15) is 0 Å². The Balaban J connectivity index is 0.937. The van der Waals surface area contributed by atoms with Crippen LogP contribution in [-0.4, -0.2) is 24.9 Å². The van der Waals surface area contributed by atoms with Gasteiger partial charge in [-0.2, -0.15) is 0 Å². The van der Waals surface area contributed by atoms with E-state index in [2.05, 4.69) is 243 Å². The number of hydrogen-bond acceptors (Lipinski definition) is 5. The fourth-order valence-corrected chi connectivity index (χ4v) is 9.17. The summed E-state index contributed by atoms with van der Waals surface area (Å²) in [5.41, 5.74) is 18.5. The minimum absolute atomic E-state index is 0.591. The Morgan fingerprint density at radius 2 is 0.389 bits per heavy atom. The van der Waals surface area contributed by atoms with Crippen LogP contribution >= 0.6 is 0 Å². The van der Waals surface area contributed by atoms with Gasteiger partial charge in [0.15, 0.2) is 23.3 Å². The second kappa shape index (κ2) is 19.7. The van der Waals surface area contributed by atoms with Gasteiger partial charge in [-0.1, -0.05) is 237 Å². The molecule has 12 aromatic rings. The predicted octanol–water partition coefficient (Wildman–Crippen LogP) is 17.0. The van der Waals surface area contributed by atoms with Crippen LogP contribution in [0.4, 0.5) is 0 Å². The van der Waals surface area contributed by atoms with E-state index in [-0.39, 0.29) is 0 Å². The summed E-state index contributed by atoms with van der Waals surface area (Å²) in [7, 11) is 0. The van der Waals surface area contributed by atoms with Crippen molar-refractivity contribution in [3.05, 3.63) is 273 Å². The van der Waals surface area contributed by atoms with Crippen molar-refractivity contribution in [2.75, 3.05) is 0 Å². The third-order valence-corrected chi connectivity index (χ3v) is 12.9. The van der Waals surface area contributed by atoms with Crippen LogP contribution in [0.5, 0.6) is 0 Å². The Labute approximate surface area is 419 Å². The molecule has 5 nitrogen and oxygen atoms in total. The van der Waals surface area contributed by atoms with Crippen LogP contribution in [0.2, 0.25) is 0 Å². The molecule has 10 aromatic carbocycles. The zero-order chi connectivity index (χ0) is 48.1. The van der Waals surface area contributed by atoms with E-state index in [0.29, 0.717) is 23.3 Å². The van der Waals surface area contributed by atoms with Crippen molar-refractivity contribution in [1.82, 2.24) is 24.9 Å². The van der Waals surface area contributed by atoms with Crippen LogP contribution in [0.25, 0.3) is 124 Å². The molecular weight excluding hydrogens is 875 g/mol. The highest BCUT2D eigenvalue weighted by Gasteiger charge is 2.17. The quantitative estimate of drug-likeness (QED) is 0.129. The second-order valence-electron chi connectivity index (χ2n) is 17.7. The predicted molar refractivity (Wildman–Crippen MR) is 295 cm³/mol. The molecule has 0 fully saturated rings. The summed E-state index contributed by atoms with van der Waals surface area (Å²) in [6.07, 6.45) is 0. The normalized spacial score (nSPS) is 11.1. The summed E-state index contributed by atoms with van der Waals surface area (Å²) in [5, 5.41) is 0. The van der Waals surface area contributed by atoms with E-state index in [1.54, 1.807) is 0 Å². The van der Waals surface area contributed by atoms with Crippen LogP contribution in [0, 0.1) is 0 Å². The molecule has 2 aromatic heterocycles. The molecule has 0 aliphatic carbocycles. The monoisotopic (exact) mass is 919 g/mol. The molecule has 0 spiro atoms. The molecule has 0 aliphatic heterocycles. The highest BCUT2D eigenvalue weighted by molar-refractivity contribution is 5.83. The molecule has 12 rings (SSSR count).